The van der Waals surface area contributed by atoms with E-state index in [0.29, 0.717) is 11.6 Å². The Kier molecular flexibility index (Phi) is 4.78. The van der Waals surface area contributed by atoms with Gasteiger partial charge in [0, 0.05) is 30.4 Å². The molecule has 26 heavy (non-hydrogen) atoms. The Morgan fingerprint density at radius 3 is 2.42 bits per heavy atom. The van der Waals surface area contributed by atoms with E-state index in [0.717, 1.165) is 30.2 Å². The van der Waals surface area contributed by atoms with E-state index in [-0.39, 0.29) is 5.82 Å². The Morgan fingerprint density at radius 2 is 1.65 bits per heavy atom. The van der Waals surface area contributed by atoms with Gasteiger partial charge in [-0.15, -0.1) is 0 Å². The van der Waals surface area contributed by atoms with Crippen LogP contribution in [0.5, 0.6) is 0 Å². The zero-order valence-electron chi connectivity index (χ0n) is 14.5. The highest BCUT2D eigenvalue weighted by atomic mass is 19.1. The first-order valence-electron chi connectivity index (χ1n) is 9.00. The molecule has 0 unspecified atom stereocenters. The summed E-state index contributed by atoms with van der Waals surface area (Å²) in [6.45, 7) is 2.01. The lowest BCUT2D eigenvalue weighted by Crippen LogP contribution is -2.30. The largest absolute Gasteiger partial charge is 0.356 e. The molecule has 0 radical (unpaired) electrons. The van der Waals surface area contributed by atoms with Crippen molar-refractivity contribution in [2.24, 2.45) is 0 Å². The summed E-state index contributed by atoms with van der Waals surface area (Å²) in [5.74, 6) is 1.11. The predicted octanol–water partition coefficient (Wildman–Crippen LogP) is 5.02. The molecule has 0 saturated carbocycles. The number of piperidine rings is 1. The molecule has 4 rings (SSSR count). The van der Waals surface area contributed by atoms with E-state index < -0.39 is 0 Å². The molecule has 2 heterocycles. The number of halogens is 1. The van der Waals surface area contributed by atoms with E-state index in [1.165, 1.54) is 31.4 Å². The molecule has 2 aromatic carbocycles. The summed E-state index contributed by atoms with van der Waals surface area (Å²) in [6, 6.07) is 18.4. The molecule has 5 heteroatoms. The highest BCUT2D eigenvalue weighted by Gasteiger charge is 2.15. The summed E-state index contributed by atoms with van der Waals surface area (Å²) in [5, 5.41) is 3.15. The van der Waals surface area contributed by atoms with Crippen LogP contribution < -0.4 is 10.2 Å². The van der Waals surface area contributed by atoms with Crippen LogP contribution in [0.15, 0.2) is 60.7 Å². The molecule has 0 aliphatic carbocycles. The monoisotopic (exact) mass is 348 g/mol. The van der Waals surface area contributed by atoms with Gasteiger partial charge in [-0.05, 0) is 37.5 Å². The fraction of sp³-hybridized carbons (Fsp3) is 0.238. The number of benzene rings is 2. The van der Waals surface area contributed by atoms with E-state index in [9.17, 15) is 4.39 Å². The molecular formula is C21H21FN4. The molecule has 0 spiro atoms. The van der Waals surface area contributed by atoms with Crippen molar-refractivity contribution in [1.82, 2.24) is 9.97 Å². The second-order valence-corrected chi connectivity index (χ2v) is 6.48. The summed E-state index contributed by atoms with van der Waals surface area (Å²) in [6.07, 6.45) is 3.62. The van der Waals surface area contributed by atoms with Gasteiger partial charge >= 0.3 is 0 Å². The summed E-state index contributed by atoms with van der Waals surface area (Å²) in [5.41, 5.74) is 2.54. The van der Waals surface area contributed by atoms with E-state index >= 15 is 0 Å². The van der Waals surface area contributed by atoms with Gasteiger partial charge < -0.3 is 10.2 Å². The Balaban J connectivity index is 1.72. The van der Waals surface area contributed by atoms with Crippen molar-refractivity contribution >= 4 is 17.5 Å². The lowest BCUT2D eigenvalue weighted by molar-refractivity contribution is 0.573. The molecule has 4 nitrogen and oxygen atoms in total. The second-order valence-electron chi connectivity index (χ2n) is 6.48. The minimum Gasteiger partial charge on any atom is -0.356 e. The van der Waals surface area contributed by atoms with Gasteiger partial charge in [-0.3, -0.25) is 0 Å². The maximum absolute atomic E-state index is 13.5. The number of hydrogen-bond acceptors (Lipinski definition) is 4. The molecule has 1 N–H and O–H groups in total. The average molecular weight is 348 g/mol. The molecule has 1 aromatic heterocycles. The van der Waals surface area contributed by atoms with Crippen molar-refractivity contribution < 1.29 is 4.39 Å². The predicted molar refractivity (Wildman–Crippen MR) is 103 cm³/mol. The van der Waals surface area contributed by atoms with Gasteiger partial charge in [0.1, 0.15) is 11.6 Å². The quantitative estimate of drug-likeness (QED) is 0.719. The third-order valence-corrected chi connectivity index (χ3v) is 4.54. The van der Waals surface area contributed by atoms with Crippen molar-refractivity contribution in [3.63, 3.8) is 0 Å². The summed E-state index contributed by atoms with van der Waals surface area (Å²) in [7, 11) is 0. The van der Waals surface area contributed by atoms with Crippen LogP contribution in [0.25, 0.3) is 11.3 Å². The fourth-order valence-electron chi connectivity index (χ4n) is 3.23. The lowest BCUT2D eigenvalue weighted by atomic mass is 10.1. The SMILES string of the molecule is Fc1cccc(Nc2nc(-c3ccccc3)cc(N3CCCCC3)n2)c1. The zero-order chi connectivity index (χ0) is 17.8. The van der Waals surface area contributed by atoms with Gasteiger partial charge in [0.15, 0.2) is 0 Å². The molecule has 1 saturated heterocycles. The number of nitrogens with one attached hydrogen (secondary N) is 1. The van der Waals surface area contributed by atoms with Crippen LogP contribution in [-0.2, 0) is 0 Å². The molecule has 0 amide bonds. The van der Waals surface area contributed by atoms with Crippen LogP contribution in [0, 0.1) is 5.82 Å². The third kappa shape index (κ3) is 3.82. The third-order valence-electron chi connectivity index (χ3n) is 4.54. The van der Waals surface area contributed by atoms with Crippen LogP contribution in [0.2, 0.25) is 0 Å². The lowest BCUT2D eigenvalue weighted by Gasteiger charge is -2.28. The van der Waals surface area contributed by atoms with E-state index in [2.05, 4.69) is 20.2 Å². The van der Waals surface area contributed by atoms with Gasteiger partial charge in [0.05, 0.1) is 5.69 Å². The van der Waals surface area contributed by atoms with Crippen LogP contribution >= 0.6 is 0 Å². The first kappa shape index (κ1) is 16.5. The van der Waals surface area contributed by atoms with Gasteiger partial charge in [-0.25, -0.2) is 9.37 Å². The minimum absolute atomic E-state index is 0.287. The molecule has 1 aliphatic heterocycles. The summed E-state index contributed by atoms with van der Waals surface area (Å²) in [4.78, 5) is 11.6. The molecule has 0 bridgehead atoms. The molecule has 0 atom stereocenters. The normalized spacial score (nSPS) is 14.3. The smallest absolute Gasteiger partial charge is 0.229 e. The number of hydrogen-bond donors (Lipinski definition) is 1. The maximum Gasteiger partial charge on any atom is 0.229 e. The standard InChI is InChI=1S/C21H21FN4/c22-17-10-7-11-18(14-17)23-21-24-19(16-8-3-1-4-9-16)15-20(25-21)26-12-5-2-6-13-26/h1,3-4,7-11,14-15H,2,5-6,12-13H2,(H,23,24,25). The van der Waals surface area contributed by atoms with Gasteiger partial charge in [0.25, 0.3) is 0 Å². The van der Waals surface area contributed by atoms with E-state index in [4.69, 9.17) is 0 Å². The number of aromatic nitrogens is 2. The van der Waals surface area contributed by atoms with E-state index in [1.54, 1.807) is 6.07 Å². The topological polar surface area (TPSA) is 41.1 Å². The summed E-state index contributed by atoms with van der Waals surface area (Å²) < 4.78 is 13.5. The van der Waals surface area contributed by atoms with Gasteiger partial charge in [-0.1, -0.05) is 36.4 Å². The summed E-state index contributed by atoms with van der Waals surface area (Å²) >= 11 is 0. The van der Waals surface area contributed by atoms with Crippen LogP contribution in [0.3, 0.4) is 0 Å². The van der Waals surface area contributed by atoms with Crippen molar-refractivity contribution in [2.45, 2.75) is 19.3 Å². The highest BCUT2D eigenvalue weighted by molar-refractivity contribution is 5.66. The number of nitrogens with zero attached hydrogens (tertiary/aromatic N) is 3. The fourth-order valence-corrected chi connectivity index (χ4v) is 3.23. The Hall–Kier alpha value is -2.95. The Morgan fingerprint density at radius 1 is 0.846 bits per heavy atom. The minimum atomic E-state index is -0.287. The van der Waals surface area contributed by atoms with Crippen molar-refractivity contribution in [2.75, 3.05) is 23.3 Å². The first-order valence-corrected chi connectivity index (χ1v) is 9.00. The number of rotatable bonds is 4. The van der Waals surface area contributed by atoms with Crippen LogP contribution in [0.1, 0.15) is 19.3 Å². The average Bonchev–Trinajstić information content (AvgIpc) is 2.69. The van der Waals surface area contributed by atoms with Gasteiger partial charge in [0.2, 0.25) is 5.95 Å². The van der Waals surface area contributed by atoms with Crippen molar-refractivity contribution in [3.05, 3.63) is 66.5 Å². The Labute approximate surface area is 152 Å². The van der Waals surface area contributed by atoms with Crippen molar-refractivity contribution in [3.8, 4) is 11.3 Å². The van der Waals surface area contributed by atoms with Crippen LogP contribution in [0.4, 0.5) is 21.8 Å². The molecule has 3 aromatic rings. The Bertz CT molecular complexity index is 876. The number of anilines is 3. The molecular weight excluding hydrogens is 327 g/mol. The second kappa shape index (κ2) is 7.52. The van der Waals surface area contributed by atoms with Crippen molar-refractivity contribution in [1.29, 1.82) is 0 Å². The first-order chi connectivity index (χ1) is 12.8. The molecule has 1 fully saturated rings. The van der Waals surface area contributed by atoms with Crippen LogP contribution in [-0.4, -0.2) is 23.1 Å². The maximum atomic E-state index is 13.5. The van der Waals surface area contributed by atoms with Gasteiger partial charge in [-0.2, -0.15) is 4.98 Å². The molecule has 132 valence electrons. The zero-order valence-corrected chi connectivity index (χ0v) is 14.5. The molecule has 1 aliphatic rings. The van der Waals surface area contributed by atoms with E-state index in [1.807, 2.05) is 42.5 Å². The highest BCUT2D eigenvalue weighted by Crippen LogP contribution is 2.26.